The van der Waals surface area contributed by atoms with E-state index in [0.717, 1.165) is 10.8 Å². The first-order chi connectivity index (χ1) is 10.2. The van der Waals surface area contributed by atoms with Gasteiger partial charge in [0.05, 0.1) is 16.6 Å². The van der Waals surface area contributed by atoms with Crippen LogP contribution in [-0.4, -0.2) is 21.0 Å². The van der Waals surface area contributed by atoms with Gasteiger partial charge in [0.1, 0.15) is 0 Å². The van der Waals surface area contributed by atoms with Crippen LogP contribution in [0.15, 0.2) is 54.9 Å². The van der Waals surface area contributed by atoms with E-state index in [1.807, 2.05) is 36.4 Å². The van der Waals surface area contributed by atoms with Crippen molar-refractivity contribution < 1.29 is 9.90 Å². The standard InChI is InChI=1S/C17H10N2O2/c20-17(21)16-12-7-10-3-1-2-4-11(10)8-15(12)19-14-5-6-18-9-13(14)16/h1-9H,(H,20,21). The maximum absolute atomic E-state index is 11.7. The Morgan fingerprint density at radius 2 is 1.71 bits per heavy atom. The molecule has 0 spiro atoms. The first-order valence-electron chi connectivity index (χ1n) is 6.53. The molecule has 0 saturated heterocycles. The van der Waals surface area contributed by atoms with Crippen molar-refractivity contribution in [3.05, 3.63) is 60.4 Å². The summed E-state index contributed by atoms with van der Waals surface area (Å²) in [6.07, 6.45) is 3.17. The van der Waals surface area contributed by atoms with Crippen LogP contribution >= 0.6 is 0 Å². The summed E-state index contributed by atoms with van der Waals surface area (Å²) in [7, 11) is 0. The predicted octanol–water partition coefficient (Wildman–Crippen LogP) is 3.63. The average molecular weight is 274 g/mol. The van der Waals surface area contributed by atoms with Gasteiger partial charge in [0, 0.05) is 23.2 Å². The van der Waals surface area contributed by atoms with Crippen molar-refractivity contribution in [1.29, 1.82) is 0 Å². The molecule has 100 valence electrons. The highest BCUT2D eigenvalue weighted by Crippen LogP contribution is 2.29. The van der Waals surface area contributed by atoms with Gasteiger partial charge in [-0.05, 0) is 29.0 Å². The van der Waals surface area contributed by atoms with E-state index in [4.69, 9.17) is 0 Å². The molecule has 0 atom stereocenters. The van der Waals surface area contributed by atoms with E-state index in [1.165, 1.54) is 0 Å². The number of benzene rings is 2. The van der Waals surface area contributed by atoms with Crippen LogP contribution in [-0.2, 0) is 0 Å². The molecule has 0 bridgehead atoms. The zero-order chi connectivity index (χ0) is 14.4. The van der Waals surface area contributed by atoms with Gasteiger partial charge < -0.3 is 5.11 Å². The van der Waals surface area contributed by atoms with E-state index < -0.39 is 5.97 Å². The molecule has 0 radical (unpaired) electrons. The molecular weight excluding hydrogens is 264 g/mol. The summed E-state index contributed by atoms with van der Waals surface area (Å²) in [6, 6.07) is 13.4. The van der Waals surface area contributed by atoms with Crippen molar-refractivity contribution in [3.63, 3.8) is 0 Å². The second kappa shape index (κ2) is 4.24. The maximum atomic E-state index is 11.7. The molecule has 0 aliphatic rings. The third kappa shape index (κ3) is 1.73. The van der Waals surface area contributed by atoms with E-state index in [1.54, 1.807) is 18.5 Å². The minimum absolute atomic E-state index is 0.258. The molecule has 2 aromatic carbocycles. The summed E-state index contributed by atoms with van der Waals surface area (Å²) in [6.45, 7) is 0. The number of rotatable bonds is 1. The second-order valence-electron chi connectivity index (χ2n) is 4.90. The summed E-state index contributed by atoms with van der Waals surface area (Å²) in [5.41, 5.74) is 1.59. The van der Waals surface area contributed by atoms with E-state index in [-0.39, 0.29) is 5.56 Å². The number of fused-ring (bicyclic) bond motifs is 3. The summed E-state index contributed by atoms with van der Waals surface area (Å²) in [5.74, 6) is -0.962. The SMILES string of the molecule is O=C(O)c1c2cnccc2nc2cc3ccccc3cc12. The van der Waals surface area contributed by atoms with Gasteiger partial charge >= 0.3 is 5.97 Å². The molecule has 0 saturated carbocycles. The topological polar surface area (TPSA) is 63.1 Å². The Kier molecular flexibility index (Phi) is 2.38. The van der Waals surface area contributed by atoms with Gasteiger partial charge in [-0.2, -0.15) is 0 Å². The molecule has 0 unspecified atom stereocenters. The van der Waals surface area contributed by atoms with E-state index in [0.29, 0.717) is 21.8 Å². The number of carbonyl (C=O) groups is 1. The van der Waals surface area contributed by atoms with Crippen LogP contribution in [0.4, 0.5) is 0 Å². The van der Waals surface area contributed by atoms with Crippen molar-refractivity contribution in [2.45, 2.75) is 0 Å². The Balaban J connectivity index is 2.28. The first-order valence-corrected chi connectivity index (χ1v) is 6.53. The molecular formula is C17H10N2O2. The van der Waals surface area contributed by atoms with Crippen molar-refractivity contribution >= 4 is 38.5 Å². The first kappa shape index (κ1) is 11.8. The van der Waals surface area contributed by atoms with Crippen molar-refractivity contribution in [3.8, 4) is 0 Å². The number of nitrogens with zero attached hydrogens (tertiary/aromatic N) is 2. The van der Waals surface area contributed by atoms with E-state index >= 15 is 0 Å². The molecule has 2 aromatic heterocycles. The molecule has 4 heteroatoms. The zero-order valence-corrected chi connectivity index (χ0v) is 10.9. The second-order valence-corrected chi connectivity index (χ2v) is 4.90. The lowest BCUT2D eigenvalue weighted by molar-refractivity contribution is 0.0701. The van der Waals surface area contributed by atoms with Crippen LogP contribution in [0.1, 0.15) is 10.4 Å². The third-order valence-electron chi connectivity index (χ3n) is 3.66. The lowest BCUT2D eigenvalue weighted by atomic mass is 10.0. The van der Waals surface area contributed by atoms with Gasteiger partial charge in [0.2, 0.25) is 0 Å². The van der Waals surface area contributed by atoms with Crippen LogP contribution in [0.2, 0.25) is 0 Å². The van der Waals surface area contributed by atoms with Gasteiger partial charge in [-0.15, -0.1) is 0 Å². The summed E-state index contributed by atoms with van der Waals surface area (Å²) in [4.78, 5) is 20.3. The average Bonchev–Trinajstić information content (AvgIpc) is 2.50. The fraction of sp³-hybridized carbons (Fsp3) is 0. The Morgan fingerprint density at radius 3 is 2.48 bits per heavy atom. The Hall–Kier alpha value is -3.01. The van der Waals surface area contributed by atoms with Gasteiger partial charge in [-0.1, -0.05) is 24.3 Å². The Morgan fingerprint density at radius 1 is 0.952 bits per heavy atom. The highest BCUT2D eigenvalue weighted by Gasteiger charge is 2.15. The maximum Gasteiger partial charge on any atom is 0.337 e. The zero-order valence-electron chi connectivity index (χ0n) is 10.9. The number of hydrogen-bond acceptors (Lipinski definition) is 3. The molecule has 0 fully saturated rings. The van der Waals surface area contributed by atoms with Crippen LogP contribution in [0.3, 0.4) is 0 Å². The summed E-state index contributed by atoms with van der Waals surface area (Å²) in [5, 5.41) is 12.8. The monoisotopic (exact) mass is 274 g/mol. The molecule has 0 aliphatic carbocycles. The fourth-order valence-corrected chi connectivity index (χ4v) is 2.70. The summed E-state index contributed by atoms with van der Waals surface area (Å²) < 4.78 is 0. The molecule has 1 N–H and O–H groups in total. The fourth-order valence-electron chi connectivity index (χ4n) is 2.70. The number of carboxylic acids is 1. The Bertz CT molecular complexity index is 1020. The predicted molar refractivity (Wildman–Crippen MR) is 81.5 cm³/mol. The van der Waals surface area contributed by atoms with Gasteiger partial charge in [0.15, 0.2) is 0 Å². The van der Waals surface area contributed by atoms with Crippen LogP contribution in [0.25, 0.3) is 32.6 Å². The molecule has 4 rings (SSSR count). The number of aromatic carboxylic acids is 1. The number of hydrogen-bond donors (Lipinski definition) is 1. The number of pyridine rings is 2. The molecule has 21 heavy (non-hydrogen) atoms. The number of carboxylic acid groups (broad SMARTS) is 1. The Labute approximate surface area is 119 Å². The van der Waals surface area contributed by atoms with Gasteiger partial charge in [0.25, 0.3) is 0 Å². The molecule has 4 aromatic rings. The van der Waals surface area contributed by atoms with Crippen LogP contribution < -0.4 is 0 Å². The van der Waals surface area contributed by atoms with Gasteiger partial charge in [-0.25, -0.2) is 9.78 Å². The normalized spacial score (nSPS) is 11.2. The number of aromatic nitrogens is 2. The molecule has 2 heterocycles. The van der Waals surface area contributed by atoms with E-state index in [9.17, 15) is 9.90 Å². The smallest absolute Gasteiger partial charge is 0.337 e. The minimum atomic E-state index is -0.962. The molecule has 4 nitrogen and oxygen atoms in total. The molecule has 0 amide bonds. The lowest BCUT2D eigenvalue weighted by Gasteiger charge is -2.08. The molecule has 0 aliphatic heterocycles. The van der Waals surface area contributed by atoms with Crippen molar-refractivity contribution in [1.82, 2.24) is 9.97 Å². The van der Waals surface area contributed by atoms with Crippen molar-refractivity contribution in [2.75, 3.05) is 0 Å². The largest absolute Gasteiger partial charge is 0.478 e. The highest BCUT2D eigenvalue weighted by atomic mass is 16.4. The minimum Gasteiger partial charge on any atom is -0.478 e. The van der Waals surface area contributed by atoms with Gasteiger partial charge in [-0.3, -0.25) is 4.98 Å². The lowest BCUT2D eigenvalue weighted by Crippen LogP contribution is -2.01. The van der Waals surface area contributed by atoms with Crippen LogP contribution in [0, 0.1) is 0 Å². The summed E-state index contributed by atoms with van der Waals surface area (Å²) >= 11 is 0. The van der Waals surface area contributed by atoms with Crippen LogP contribution in [0.5, 0.6) is 0 Å². The highest BCUT2D eigenvalue weighted by molar-refractivity contribution is 6.15. The van der Waals surface area contributed by atoms with Crippen molar-refractivity contribution in [2.24, 2.45) is 0 Å². The third-order valence-corrected chi connectivity index (χ3v) is 3.66. The van der Waals surface area contributed by atoms with E-state index in [2.05, 4.69) is 9.97 Å². The quantitative estimate of drug-likeness (QED) is 0.538.